The lowest BCUT2D eigenvalue weighted by Gasteiger charge is -2.27. The van der Waals surface area contributed by atoms with Crippen molar-refractivity contribution in [3.63, 3.8) is 0 Å². The zero-order valence-corrected chi connectivity index (χ0v) is 18.4. The van der Waals surface area contributed by atoms with Crippen LogP contribution in [-0.2, 0) is 24.1 Å². The van der Waals surface area contributed by atoms with E-state index in [1.54, 1.807) is 21.3 Å². The van der Waals surface area contributed by atoms with Crippen LogP contribution in [0.3, 0.4) is 0 Å². The predicted molar refractivity (Wildman–Crippen MR) is 117 cm³/mol. The number of methoxy groups -OCH3 is 3. The maximum absolute atomic E-state index is 12.8. The molecule has 31 heavy (non-hydrogen) atoms. The molecule has 2 aliphatic rings. The molecule has 1 fully saturated rings. The molecule has 9 nitrogen and oxygen atoms in total. The van der Waals surface area contributed by atoms with E-state index in [2.05, 4.69) is 14.8 Å². The second-order valence-electron chi connectivity index (χ2n) is 7.68. The molecule has 9 heteroatoms. The van der Waals surface area contributed by atoms with E-state index < -0.39 is 0 Å². The molecule has 0 amide bonds. The van der Waals surface area contributed by atoms with Crippen molar-refractivity contribution in [3.8, 4) is 17.2 Å². The molecule has 0 atom stereocenters. The smallest absolute Gasteiger partial charge is 0.255 e. The summed E-state index contributed by atoms with van der Waals surface area (Å²) < 4.78 is 21.9. The molecule has 0 radical (unpaired) electrons. The largest absolute Gasteiger partial charge is 0.493 e. The molecule has 0 saturated carbocycles. The molecule has 168 valence electrons. The van der Waals surface area contributed by atoms with E-state index in [4.69, 9.17) is 23.9 Å². The first-order valence-corrected chi connectivity index (χ1v) is 10.6. The summed E-state index contributed by atoms with van der Waals surface area (Å²) in [4.78, 5) is 25.0. The fourth-order valence-corrected chi connectivity index (χ4v) is 4.25. The zero-order valence-electron chi connectivity index (χ0n) is 18.4. The summed E-state index contributed by atoms with van der Waals surface area (Å²) in [6.07, 6.45) is 1.39. The number of H-pyrrole nitrogens is 1. The Morgan fingerprint density at radius 2 is 1.74 bits per heavy atom. The molecule has 0 aliphatic carbocycles. The number of fused-ring (bicyclic) bond motifs is 1. The summed E-state index contributed by atoms with van der Waals surface area (Å²) >= 11 is 0. The number of anilines is 1. The molecule has 1 aromatic carbocycles. The highest BCUT2D eigenvalue weighted by molar-refractivity contribution is 5.55. The van der Waals surface area contributed by atoms with Crippen LogP contribution >= 0.6 is 0 Å². The van der Waals surface area contributed by atoms with Gasteiger partial charge in [0.1, 0.15) is 0 Å². The fourth-order valence-electron chi connectivity index (χ4n) is 4.25. The standard InChI is InChI=1S/C22H30N4O5/c1-28-18-5-4-15(19(29-2)20(18)30-3)14-25-8-6-16-17(7-9-25)23-22(24-21(16)27)26-10-12-31-13-11-26/h4-5H,6-14H2,1-3H3,(H,23,24,27). The van der Waals surface area contributed by atoms with Gasteiger partial charge in [0.05, 0.1) is 40.2 Å². The summed E-state index contributed by atoms with van der Waals surface area (Å²) in [6.45, 7) is 5.06. The second kappa shape index (κ2) is 9.57. The first-order valence-electron chi connectivity index (χ1n) is 10.6. The third-order valence-electron chi connectivity index (χ3n) is 5.92. The van der Waals surface area contributed by atoms with Crippen molar-refractivity contribution >= 4 is 5.95 Å². The van der Waals surface area contributed by atoms with E-state index in [0.29, 0.717) is 49.4 Å². The van der Waals surface area contributed by atoms with Crippen molar-refractivity contribution in [2.75, 3.05) is 65.6 Å². The van der Waals surface area contributed by atoms with Gasteiger partial charge in [-0.15, -0.1) is 0 Å². The van der Waals surface area contributed by atoms with Crippen LogP contribution in [0.5, 0.6) is 17.2 Å². The summed E-state index contributed by atoms with van der Waals surface area (Å²) in [5.41, 5.74) is 2.67. The number of rotatable bonds is 6. The Morgan fingerprint density at radius 1 is 1.00 bits per heavy atom. The van der Waals surface area contributed by atoms with E-state index in [-0.39, 0.29) is 5.56 Å². The molecule has 2 aromatic rings. The van der Waals surface area contributed by atoms with E-state index in [1.807, 2.05) is 12.1 Å². The van der Waals surface area contributed by atoms with Crippen molar-refractivity contribution in [3.05, 3.63) is 39.3 Å². The number of hydrogen-bond acceptors (Lipinski definition) is 8. The van der Waals surface area contributed by atoms with Gasteiger partial charge in [-0.25, -0.2) is 4.98 Å². The quantitative estimate of drug-likeness (QED) is 0.732. The van der Waals surface area contributed by atoms with Crippen molar-refractivity contribution in [1.82, 2.24) is 14.9 Å². The van der Waals surface area contributed by atoms with Crippen LogP contribution in [0.2, 0.25) is 0 Å². The third kappa shape index (κ3) is 4.47. The van der Waals surface area contributed by atoms with Crippen molar-refractivity contribution in [2.24, 2.45) is 0 Å². The summed E-state index contributed by atoms with van der Waals surface area (Å²) in [6, 6.07) is 3.89. The number of hydrogen-bond donors (Lipinski definition) is 1. The molecule has 0 spiro atoms. The van der Waals surface area contributed by atoms with Gasteiger partial charge in [0, 0.05) is 50.3 Å². The lowest BCUT2D eigenvalue weighted by molar-refractivity contribution is 0.122. The normalized spacial score (nSPS) is 17.1. The van der Waals surface area contributed by atoms with E-state index in [1.165, 1.54) is 0 Å². The number of nitrogens with zero attached hydrogens (tertiary/aromatic N) is 3. The van der Waals surface area contributed by atoms with Gasteiger partial charge < -0.3 is 23.8 Å². The van der Waals surface area contributed by atoms with E-state index in [9.17, 15) is 4.79 Å². The average molecular weight is 431 g/mol. The minimum atomic E-state index is -0.0305. The number of morpholine rings is 1. The Morgan fingerprint density at radius 3 is 2.45 bits per heavy atom. The molecular formula is C22H30N4O5. The average Bonchev–Trinajstić information content (AvgIpc) is 3.02. The Hall–Kier alpha value is -2.78. The number of aromatic nitrogens is 2. The number of ether oxygens (including phenoxy) is 4. The fraction of sp³-hybridized carbons (Fsp3) is 0.545. The molecule has 1 saturated heterocycles. The van der Waals surface area contributed by atoms with Crippen molar-refractivity contribution < 1.29 is 18.9 Å². The van der Waals surface area contributed by atoms with Gasteiger partial charge in [0.15, 0.2) is 11.5 Å². The van der Waals surface area contributed by atoms with Crippen LogP contribution in [0.25, 0.3) is 0 Å². The Balaban J connectivity index is 1.52. The molecule has 2 aliphatic heterocycles. The van der Waals surface area contributed by atoms with Crippen molar-refractivity contribution in [2.45, 2.75) is 19.4 Å². The highest BCUT2D eigenvalue weighted by Gasteiger charge is 2.23. The number of nitrogens with one attached hydrogen (secondary N) is 1. The van der Waals surface area contributed by atoms with Gasteiger partial charge in [-0.2, -0.15) is 0 Å². The van der Waals surface area contributed by atoms with Gasteiger partial charge in [-0.3, -0.25) is 14.7 Å². The maximum atomic E-state index is 12.8. The highest BCUT2D eigenvalue weighted by atomic mass is 16.5. The van der Waals surface area contributed by atoms with Gasteiger partial charge in [-0.1, -0.05) is 6.07 Å². The Kier molecular flexibility index (Phi) is 6.62. The molecule has 3 heterocycles. The summed E-state index contributed by atoms with van der Waals surface area (Å²) in [5, 5.41) is 0. The lowest BCUT2D eigenvalue weighted by atomic mass is 10.1. The van der Waals surface area contributed by atoms with E-state index in [0.717, 1.165) is 49.4 Å². The lowest BCUT2D eigenvalue weighted by Crippen LogP contribution is -2.38. The van der Waals surface area contributed by atoms with Crippen LogP contribution in [0.4, 0.5) is 5.95 Å². The van der Waals surface area contributed by atoms with Gasteiger partial charge in [-0.05, 0) is 12.5 Å². The molecule has 1 aromatic heterocycles. The van der Waals surface area contributed by atoms with E-state index >= 15 is 0 Å². The number of benzene rings is 1. The predicted octanol–water partition coefficient (Wildman–Crippen LogP) is 1.23. The first kappa shape index (κ1) is 21.5. The van der Waals surface area contributed by atoms with Crippen LogP contribution < -0.4 is 24.7 Å². The maximum Gasteiger partial charge on any atom is 0.255 e. The molecule has 0 bridgehead atoms. The molecular weight excluding hydrogens is 400 g/mol. The topological polar surface area (TPSA) is 89.2 Å². The molecule has 1 N–H and O–H groups in total. The van der Waals surface area contributed by atoms with Crippen LogP contribution in [-0.4, -0.2) is 75.6 Å². The zero-order chi connectivity index (χ0) is 21.8. The highest BCUT2D eigenvalue weighted by Crippen LogP contribution is 2.40. The third-order valence-corrected chi connectivity index (χ3v) is 5.92. The SMILES string of the molecule is COc1ccc(CN2CCc3nc(N4CCOCC4)[nH]c(=O)c3CC2)c(OC)c1OC. The van der Waals surface area contributed by atoms with Crippen LogP contribution in [0.15, 0.2) is 16.9 Å². The molecule has 4 rings (SSSR count). The monoisotopic (exact) mass is 430 g/mol. The number of aromatic amines is 1. The first-order chi connectivity index (χ1) is 15.1. The van der Waals surface area contributed by atoms with Gasteiger partial charge in [0.2, 0.25) is 11.7 Å². The van der Waals surface area contributed by atoms with Crippen LogP contribution in [0, 0.1) is 0 Å². The molecule has 0 unspecified atom stereocenters. The minimum Gasteiger partial charge on any atom is -0.493 e. The van der Waals surface area contributed by atoms with Crippen LogP contribution in [0.1, 0.15) is 16.8 Å². The van der Waals surface area contributed by atoms with Crippen molar-refractivity contribution in [1.29, 1.82) is 0 Å². The van der Waals surface area contributed by atoms with Gasteiger partial charge in [0.25, 0.3) is 5.56 Å². The minimum absolute atomic E-state index is 0.0305. The second-order valence-corrected chi connectivity index (χ2v) is 7.68. The summed E-state index contributed by atoms with van der Waals surface area (Å²) in [5.74, 6) is 2.56. The van der Waals surface area contributed by atoms with Gasteiger partial charge >= 0.3 is 0 Å². The Labute approximate surface area is 181 Å². The summed E-state index contributed by atoms with van der Waals surface area (Å²) in [7, 11) is 4.85. The Bertz CT molecular complexity index is 971.